The van der Waals surface area contributed by atoms with E-state index in [0.29, 0.717) is 11.4 Å². The Morgan fingerprint density at radius 2 is 1.72 bits per heavy atom. The van der Waals surface area contributed by atoms with Gasteiger partial charge in [0.25, 0.3) is 5.91 Å². The minimum absolute atomic E-state index is 0.00632. The third kappa shape index (κ3) is 2.35. The lowest BCUT2D eigenvalue weighted by Crippen LogP contribution is -2.12. The van der Waals surface area contributed by atoms with Gasteiger partial charge in [0.05, 0.1) is 5.56 Å². The molecule has 0 heterocycles. The molecule has 0 bridgehead atoms. The first-order chi connectivity index (χ1) is 8.58. The van der Waals surface area contributed by atoms with Crippen LogP contribution in [-0.2, 0) is 0 Å². The number of aromatic hydroxyl groups is 2. The second kappa shape index (κ2) is 4.67. The zero-order chi connectivity index (χ0) is 13.1. The first-order valence-corrected chi connectivity index (χ1v) is 5.26. The molecule has 0 atom stereocenters. The van der Waals surface area contributed by atoms with Gasteiger partial charge in [-0.2, -0.15) is 0 Å². The SMILES string of the molecule is Nc1ccc(NC(=O)c2cccc(O)c2O)cc1. The number of para-hydroxylation sites is 1. The van der Waals surface area contributed by atoms with Crippen LogP contribution in [-0.4, -0.2) is 16.1 Å². The summed E-state index contributed by atoms with van der Waals surface area (Å²) < 4.78 is 0. The number of hydrogen-bond donors (Lipinski definition) is 4. The van der Waals surface area contributed by atoms with Gasteiger partial charge in [0.15, 0.2) is 11.5 Å². The van der Waals surface area contributed by atoms with Crippen molar-refractivity contribution in [2.75, 3.05) is 11.1 Å². The third-order valence-corrected chi connectivity index (χ3v) is 2.43. The molecule has 2 aromatic rings. The van der Waals surface area contributed by atoms with Crippen molar-refractivity contribution in [3.05, 3.63) is 48.0 Å². The van der Waals surface area contributed by atoms with Crippen molar-refractivity contribution in [1.82, 2.24) is 0 Å². The Balaban J connectivity index is 2.22. The van der Waals surface area contributed by atoms with E-state index in [9.17, 15) is 15.0 Å². The number of benzene rings is 2. The summed E-state index contributed by atoms with van der Waals surface area (Å²) in [4.78, 5) is 11.9. The molecule has 0 spiro atoms. The summed E-state index contributed by atoms with van der Waals surface area (Å²) in [6.07, 6.45) is 0. The van der Waals surface area contributed by atoms with Gasteiger partial charge >= 0.3 is 0 Å². The quantitative estimate of drug-likeness (QED) is 0.479. The van der Waals surface area contributed by atoms with Crippen LogP contribution < -0.4 is 11.1 Å². The van der Waals surface area contributed by atoms with Crippen LogP contribution in [0.4, 0.5) is 11.4 Å². The summed E-state index contributed by atoms with van der Waals surface area (Å²) in [5, 5.41) is 21.5. The third-order valence-electron chi connectivity index (χ3n) is 2.43. The zero-order valence-electron chi connectivity index (χ0n) is 9.42. The number of amides is 1. The molecule has 0 aliphatic carbocycles. The van der Waals surface area contributed by atoms with Gasteiger partial charge < -0.3 is 21.3 Å². The average molecular weight is 244 g/mol. The summed E-state index contributed by atoms with van der Waals surface area (Å²) >= 11 is 0. The Kier molecular flexibility index (Phi) is 3.05. The van der Waals surface area contributed by atoms with Crippen LogP contribution in [0, 0.1) is 0 Å². The van der Waals surface area contributed by atoms with Gasteiger partial charge in [-0.05, 0) is 36.4 Å². The van der Waals surface area contributed by atoms with Crippen molar-refractivity contribution in [3.8, 4) is 11.5 Å². The number of nitrogens with one attached hydrogen (secondary N) is 1. The molecule has 0 unspecified atom stereocenters. The summed E-state index contributed by atoms with van der Waals surface area (Å²) in [6.45, 7) is 0. The molecule has 2 rings (SSSR count). The lowest BCUT2D eigenvalue weighted by atomic mass is 10.1. The van der Waals surface area contributed by atoms with Crippen molar-refractivity contribution in [2.45, 2.75) is 0 Å². The summed E-state index contributed by atoms with van der Waals surface area (Å²) in [6, 6.07) is 10.8. The van der Waals surface area contributed by atoms with Crippen LogP contribution in [0.1, 0.15) is 10.4 Å². The molecule has 0 saturated heterocycles. The van der Waals surface area contributed by atoms with E-state index in [1.165, 1.54) is 18.2 Å². The van der Waals surface area contributed by atoms with Gasteiger partial charge in [-0.3, -0.25) is 4.79 Å². The maximum absolute atomic E-state index is 11.9. The smallest absolute Gasteiger partial charge is 0.259 e. The normalized spacial score (nSPS) is 10.0. The van der Waals surface area contributed by atoms with Crippen molar-refractivity contribution in [3.63, 3.8) is 0 Å². The molecular formula is C13H12N2O3. The number of rotatable bonds is 2. The summed E-state index contributed by atoms with van der Waals surface area (Å²) in [5.74, 6) is -1.28. The molecule has 0 aromatic heterocycles. The van der Waals surface area contributed by atoms with Crippen LogP contribution >= 0.6 is 0 Å². The molecule has 0 fully saturated rings. The Morgan fingerprint density at radius 1 is 1.06 bits per heavy atom. The van der Waals surface area contributed by atoms with E-state index in [2.05, 4.69) is 5.32 Å². The topological polar surface area (TPSA) is 95.6 Å². The molecule has 5 nitrogen and oxygen atoms in total. The van der Waals surface area contributed by atoms with E-state index in [1.807, 2.05) is 0 Å². The predicted molar refractivity (Wildman–Crippen MR) is 68.6 cm³/mol. The molecule has 0 radical (unpaired) electrons. The average Bonchev–Trinajstić information content (AvgIpc) is 2.35. The molecule has 0 aliphatic heterocycles. The zero-order valence-corrected chi connectivity index (χ0v) is 9.42. The van der Waals surface area contributed by atoms with Gasteiger partial charge in [0.2, 0.25) is 0 Å². The van der Waals surface area contributed by atoms with E-state index in [-0.39, 0.29) is 11.3 Å². The van der Waals surface area contributed by atoms with Crippen LogP contribution in [0.25, 0.3) is 0 Å². The summed E-state index contributed by atoms with van der Waals surface area (Å²) in [5.41, 5.74) is 6.68. The Bertz CT molecular complexity index is 579. The first-order valence-electron chi connectivity index (χ1n) is 5.26. The predicted octanol–water partition coefficient (Wildman–Crippen LogP) is 1.93. The van der Waals surface area contributed by atoms with Crippen LogP contribution in [0.3, 0.4) is 0 Å². The molecule has 1 amide bonds. The highest BCUT2D eigenvalue weighted by Crippen LogP contribution is 2.28. The number of carbonyl (C=O) groups is 1. The Morgan fingerprint density at radius 3 is 2.39 bits per heavy atom. The fraction of sp³-hybridized carbons (Fsp3) is 0. The minimum Gasteiger partial charge on any atom is -0.504 e. The maximum Gasteiger partial charge on any atom is 0.259 e. The van der Waals surface area contributed by atoms with Crippen molar-refractivity contribution < 1.29 is 15.0 Å². The number of hydrogen-bond acceptors (Lipinski definition) is 4. The highest BCUT2D eigenvalue weighted by molar-refractivity contribution is 6.06. The van der Waals surface area contributed by atoms with E-state index < -0.39 is 11.7 Å². The van der Waals surface area contributed by atoms with Gasteiger partial charge in [-0.15, -0.1) is 0 Å². The fourth-order valence-electron chi connectivity index (χ4n) is 1.48. The first kappa shape index (κ1) is 11.8. The lowest BCUT2D eigenvalue weighted by molar-refractivity contribution is 0.102. The number of phenols is 2. The monoisotopic (exact) mass is 244 g/mol. The fourth-order valence-corrected chi connectivity index (χ4v) is 1.48. The van der Waals surface area contributed by atoms with E-state index in [1.54, 1.807) is 24.3 Å². The van der Waals surface area contributed by atoms with E-state index in [4.69, 9.17) is 5.73 Å². The molecule has 0 saturated carbocycles. The van der Waals surface area contributed by atoms with Crippen molar-refractivity contribution in [2.24, 2.45) is 0 Å². The standard InChI is InChI=1S/C13H12N2O3/c14-8-4-6-9(7-5-8)15-13(18)10-2-1-3-11(16)12(10)17/h1-7,16-17H,14H2,(H,15,18). The van der Waals surface area contributed by atoms with Crippen molar-refractivity contribution in [1.29, 1.82) is 0 Å². The van der Waals surface area contributed by atoms with E-state index >= 15 is 0 Å². The van der Waals surface area contributed by atoms with Crippen molar-refractivity contribution >= 4 is 17.3 Å². The number of nitrogen functional groups attached to an aromatic ring is 1. The highest BCUT2D eigenvalue weighted by atomic mass is 16.3. The highest BCUT2D eigenvalue weighted by Gasteiger charge is 2.13. The van der Waals surface area contributed by atoms with Crippen LogP contribution in [0.15, 0.2) is 42.5 Å². The number of nitrogens with two attached hydrogens (primary N) is 1. The lowest BCUT2D eigenvalue weighted by Gasteiger charge is -2.07. The molecule has 5 N–H and O–H groups in total. The van der Waals surface area contributed by atoms with Crippen LogP contribution in [0.5, 0.6) is 11.5 Å². The van der Waals surface area contributed by atoms with Gasteiger partial charge in [-0.1, -0.05) is 6.07 Å². The summed E-state index contributed by atoms with van der Waals surface area (Å²) in [7, 11) is 0. The Labute approximate surface area is 103 Å². The molecule has 5 heteroatoms. The van der Waals surface area contributed by atoms with Gasteiger partial charge in [0.1, 0.15) is 0 Å². The number of carbonyl (C=O) groups excluding carboxylic acids is 1. The molecule has 92 valence electrons. The van der Waals surface area contributed by atoms with Gasteiger partial charge in [-0.25, -0.2) is 0 Å². The molecule has 18 heavy (non-hydrogen) atoms. The Hall–Kier alpha value is -2.69. The second-order valence-corrected chi connectivity index (χ2v) is 3.75. The second-order valence-electron chi connectivity index (χ2n) is 3.75. The van der Waals surface area contributed by atoms with E-state index in [0.717, 1.165) is 0 Å². The molecule has 2 aromatic carbocycles. The molecule has 0 aliphatic rings. The minimum atomic E-state index is -0.506. The molecular weight excluding hydrogens is 232 g/mol. The van der Waals surface area contributed by atoms with Gasteiger partial charge in [0, 0.05) is 11.4 Å². The maximum atomic E-state index is 11.9. The largest absolute Gasteiger partial charge is 0.504 e. The van der Waals surface area contributed by atoms with Crippen LogP contribution in [0.2, 0.25) is 0 Å². The number of anilines is 2. The number of phenolic OH excluding ortho intramolecular Hbond substituents is 2.